The van der Waals surface area contributed by atoms with Crippen LogP contribution in [-0.2, 0) is 13.1 Å². The van der Waals surface area contributed by atoms with Gasteiger partial charge in [-0.05, 0) is 29.1 Å². The van der Waals surface area contributed by atoms with Gasteiger partial charge in [0.1, 0.15) is 6.33 Å². The first-order valence-electron chi connectivity index (χ1n) is 5.93. The van der Waals surface area contributed by atoms with E-state index in [9.17, 15) is 0 Å². The third-order valence-electron chi connectivity index (χ3n) is 2.90. The molecule has 18 heavy (non-hydrogen) atoms. The van der Waals surface area contributed by atoms with E-state index in [2.05, 4.69) is 44.5 Å². The predicted molar refractivity (Wildman–Crippen MR) is 70.9 cm³/mol. The number of nitrogens with zero attached hydrogens (tertiary/aromatic N) is 2. The van der Waals surface area contributed by atoms with Gasteiger partial charge in [0, 0.05) is 31.0 Å². The summed E-state index contributed by atoms with van der Waals surface area (Å²) in [7, 11) is 0. The largest absolute Gasteiger partial charge is 0.361 e. The summed E-state index contributed by atoms with van der Waals surface area (Å²) in [6.45, 7) is 1.59. The van der Waals surface area contributed by atoms with Crippen molar-refractivity contribution in [3.8, 4) is 0 Å². The second-order valence-electron chi connectivity index (χ2n) is 4.20. The zero-order valence-electron chi connectivity index (χ0n) is 9.93. The molecule has 0 bridgehead atoms. The lowest BCUT2D eigenvalue weighted by atomic mass is 10.1. The number of rotatable bonds is 4. The quantitative estimate of drug-likeness (QED) is 0.733. The minimum Gasteiger partial charge on any atom is -0.361 e. The Balaban J connectivity index is 1.62. The summed E-state index contributed by atoms with van der Waals surface area (Å²) in [6, 6.07) is 10.4. The molecule has 0 amide bonds. The highest BCUT2D eigenvalue weighted by molar-refractivity contribution is 5.79. The van der Waals surface area contributed by atoms with E-state index in [1.165, 1.54) is 16.5 Å². The summed E-state index contributed by atoms with van der Waals surface area (Å²) < 4.78 is 0. The molecule has 1 aromatic carbocycles. The van der Waals surface area contributed by atoms with Gasteiger partial charge < -0.3 is 10.3 Å². The van der Waals surface area contributed by atoms with Crippen molar-refractivity contribution in [1.29, 1.82) is 0 Å². The molecule has 4 heteroatoms. The lowest BCUT2D eigenvalue weighted by Crippen LogP contribution is -2.13. The van der Waals surface area contributed by atoms with E-state index in [1.807, 2.05) is 12.3 Å². The van der Waals surface area contributed by atoms with Gasteiger partial charge in [0.25, 0.3) is 0 Å². The Kier molecular flexibility index (Phi) is 3.02. The minimum atomic E-state index is 0.755. The Morgan fingerprint density at radius 2 is 2.11 bits per heavy atom. The Bertz CT molecular complexity index is 630. The van der Waals surface area contributed by atoms with Crippen LogP contribution < -0.4 is 5.32 Å². The second kappa shape index (κ2) is 4.98. The first-order chi connectivity index (χ1) is 8.92. The third kappa shape index (κ3) is 2.38. The molecule has 0 fully saturated rings. The predicted octanol–water partition coefficient (Wildman–Crippen LogP) is 2.25. The van der Waals surface area contributed by atoms with E-state index in [0.29, 0.717) is 0 Å². The number of hydrogen-bond acceptors (Lipinski definition) is 3. The van der Waals surface area contributed by atoms with Crippen LogP contribution in [0, 0.1) is 0 Å². The minimum absolute atomic E-state index is 0.755. The topological polar surface area (TPSA) is 53.6 Å². The molecule has 0 atom stereocenters. The first kappa shape index (κ1) is 10.9. The van der Waals surface area contributed by atoms with Crippen molar-refractivity contribution < 1.29 is 0 Å². The molecule has 90 valence electrons. The summed E-state index contributed by atoms with van der Waals surface area (Å²) in [5.41, 5.74) is 3.45. The number of H-pyrrole nitrogens is 1. The fourth-order valence-electron chi connectivity index (χ4n) is 1.96. The van der Waals surface area contributed by atoms with Gasteiger partial charge in [-0.2, -0.15) is 0 Å². The summed E-state index contributed by atoms with van der Waals surface area (Å²) in [5.74, 6) is 0. The summed E-state index contributed by atoms with van der Waals surface area (Å²) >= 11 is 0. The molecule has 2 heterocycles. The maximum absolute atomic E-state index is 4.17. The fourth-order valence-corrected chi connectivity index (χ4v) is 1.96. The molecule has 3 aromatic rings. The van der Waals surface area contributed by atoms with Gasteiger partial charge >= 0.3 is 0 Å². The van der Waals surface area contributed by atoms with Crippen LogP contribution >= 0.6 is 0 Å². The van der Waals surface area contributed by atoms with Crippen LogP contribution in [-0.4, -0.2) is 15.0 Å². The molecule has 0 spiro atoms. The molecule has 3 rings (SSSR count). The lowest BCUT2D eigenvalue weighted by molar-refractivity contribution is 0.678. The van der Waals surface area contributed by atoms with Crippen molar-refractivity contribution in [2.75, 3.05) is 0 Å². The van der Waals surface area contributed by atoms with Crippen molar-refractivity contribution in [2.45, 2.75) is 13.1 Å². The van der Waals surface area contributed by atoms with Crippen molar-refractivity contribution >= 4 is 10.9 Å². The zero-order chi connectivity index (χ0) is 12.2. The summed E-state index contributed by atoms with van der Waals surface area (Å²) in [4.78, 5) is 11.3. The molecule has 0 saturated carbocycles. The summed E-state index contributed by atoms with van der Waals surface area (Å²) in [6.07, 6.45) is 5.29. The van der Waals surface area contributed by atoms with Crippen molar-refractivity contribution in [1.82, 2.24) is 20.3 Å². The SMILES string of the molecule is c1cc(CNCc2ccc3cc[nH]c3c2)ncn1. The van der Waals surface area contributed by atoms with Crippen LogP contribution in [0.1, 0.15) is 11.3 Å². The van der Waals surface area contributed by atoms with Crippen molar-refractivity contribution in [3.63, 3.8) is 0 Å². The number of aromatic nitrogens is 3. The van der Waals surface area contributed by atoms with Gasteiger partial charge in [-0.15, -0.1) is 0 Å². The van der Waals surface area contributed by atoms with E-state index in [4.69, 9.17) is 0 Å². The average molecular weight is 238 g/mol. The normalized spacial score (nSPS) is 10.9. The molecule has 2 N–H and O–H groups in total. The highest BCUT2D eigenvalue weighted by Gasteiger charge is 1.98. The molecule has 0 aliphatic heterocycles. The number of fused-ring (bicyclic) bond motifs is 1. The summed E-state index contributed by atoms with van der Waals surface area (Å²) in [5, 5.41) is 4.62. The number of nitrogens with one attached hydrogen (secondary N) is 2. The molecule has 0 radical (unpaired) electrons. The molecule has 0 saturated heterocycles. The van der Waals surface area contributed by atoms with Crippen LogP contribution in [0.25, 0.3) is 10.9 Å². The molecule has 0 unspecified atom stereocenters. The Hall–Kier alpha value is -2.20. The number of benzene rings is 1. The van der Waals surface area contributed by atoms with E-state index in [-0.39, 0.29) is 0 Å². The molecule has 0 aliphatic carbocycles. The van der Waals surface area contributed by atoms with E-state index >= 15 is 0 Å². The standard InChI is InChI=1S/C14H14N4/c1-2-12-3-6-17-14(12)7-11(1)8-16-9-13-4-5-15-10-18-13/h1-7,10,16-17H,8-9H2. The van der Waals surface area contributed by atoms with E-state index in [1.54, 1.807) is 12.5 Å². The maximum Gasteiger partial charge on any atom is 0.115 e. The van der Waals surface area contributed by atoms with Crippen LogP contribution in [0.15, 0.2) is 49.1 Å². The van der Waals surface area contributed by atoms with Crippen molar-refractivity contribution in [3.05, 3.63) is 60.3 Å². The third-order valence-corrected chi connectivity index (χ3v) is 2.90. The van der Waals surface area contributed by atoms with Crippen LogP contribution in [0.4, 0.5) is 0 Å². The molecule has 2 aromatic heterocycles. The van der Waals surface area contributed by atoms with E-state index < -0.39 is 0 Å². The number of hydrogen-bond donors (Lipinski definition) is 2. The van der Waals surface area contributed by atoms with Crippen LogP contribution in [0.2, 0.25) is 0 Å². The van der Waals surface area contributed by atoms with Gasteiger partial charge in [-0.3, -0.25) is 0 Å². The fraction of sp³-hybridized carbons (Fsp3) is 0.143. The molecular formula is C14H14N4. The monoisotopic (exact) mass is 238 g/mol. The zero-order valence-corrected chi connectivity index (χ0v) is 9.93. The Morgan fingerprint density at radius 3 is 3.00 bits per heavy atom. The van der Waals surface area contributed by atoms with E-state index in [0.717, 1.165) is 18.8 Å². The van der Waals surface area contributed by atoms with Gasteiger partial charge in [-0.1, -0.05) is 12.1 Å². The highest BCUT2D eigenvalue weighted by atomic mass is 14.9. The molecular weight excluding hydrogens is 224 g/mol. The van der Waals surface area contributed by atoms with Crippen LogP contribution in [0.5, 0.6) is 0 Å². The number of aromatic amines is 1. The highest BCUT2D eigenvalue weighted by Crippen LogP contribution is 2.13. The molecule has 0 aliphatic rings. The van der Waals surface area contributed by atoms with Gasteiger partial charge in [0.15, 0.2) is 0 Å². The second-order valence-corrected chi connectivity index (χ2v) is 4.20. The van der Waals surface area contributed by atoms with Gasteiger partial charge in [-0.25, -0.2) is 9.97 Å². The first-order valence-corrected chi connectivity index (χ1v) is 5.93. The maximum atomic E-state index is 4.17. The Morgan fingerprint density at radius 1 is 1.11 bits per heavy atom. The van der Waals surface area contributed by atoms with Crippen LogP contribution in [0.3, 0.4) is 0 Å². The van der Waals surface area contributed by atoms with Gasteiger partial charge in [0.05, 0.1) is 5.69 Å². The van der Waals surface area contributed by atoms with Gasteiger partial charge in [0.2, 0.25) is 0 Å². The smallest absolute Gasteiger partial charge is 0.115 e. The van der Waals surface area contributed by atoms with Crippen molar-refractivity contribution in [2.24, 2.45) is 0 Å². The lowest BCUT2D eigenvalue weighted by Gasteiger charge is -2.04. The molecule has 4 nitrogen and oxygen atoms in total. The average Bonchev–Trinajstić information content (AvgIpc) is 2.87. The Labute approximate surface area is 105 Å².